The van der Waals surface area contributed by atoms with Crippen molar-refractivity contribution in [3.63, 3.8) is 0 Å². The van der Waals surface area contributed by atoms with E-state index in [9.17, 15) is 0 Å². The molecule has 0 amide bonds. The highest BCUT2D eigenvalue weighted by Crippen LogP contribution is 2.39. The maximum Gasteiger partial charge on any atom is 0.231 e. The molecule has 0 bridgehead atoms. The van der Waals surface area contributed by atoms with Gasteiger partial charge >= 0.3 is 0 Å². The van der Waals surface area contributed by atoms with Gasteiger partial charge in [-0.2, -0.15) is 0 Å². The van der Waals surface area contributed by atoms with Crippen LogP contribution in [0.5, 0.6) is 11.5 Å². The van der Waals surface area contributed by atoms with Gasteiger partial charge in [-0.1, -0.05) is 22.5 Å². The van der Waals surface area contributed by atoms with Crippen molar-refractivity contribution < 1.29 is 9.47 Å². The summed E-state index contributed by atoms with van der Waals surface area (Å²) < 4.78 is 12.5. The first-order chi connectivity index (χ1) is 7.66. The van der Waals surface area contributed by atoms with Crippen molar-refractivity contribution in [3.05, 3.63) is 33.2 Å². The summed E-state index contributed by atoms with van der Waals surface area (Å²) in [5.74, 6) is 1.58. The lowest BCUT2D eigenvalue weighted by atomic mass is 10.2. The molecule has 2 rings (SSSR count). The largest absolute Gasteiger partial charge is 0.454 e. The van der Waals surface area contributed by atoms with Gasteiger partial charge in [0, 0.05) is 17.6 Å². The monoisotopic (exact) mass is 347 g/mol. The molecule has 0 unspecified atom stereocenters. The Morgan fingerprint density at radius 3 is 3.00 bits per heavy atom. The van der Waals surface area contributed by atoms with Crippen LogP contribution in [-0.4, -0.2) is 13.3 Å². The number of halogens is 2. The molecule has 1 aromatic carbocycles. The highest BCUT2D eigenvalue weighted by molar-refractivity contribution is 9.11. The third-order valence-electron chi connectivity index (χ3n) is 2.13. The van der Waals surface area contributed by atoms with E-state index in [-0.39, 0.29) is 0 Å². The van der Waals surface area contributed by atoms with Crippen molar-refractivity contribution in [2.24, 2.45) is 0 Å². The topological polar surface area (TPSA) is 30.5 Å². The second-order valence-electron chi connectivity index (χ2n) is 3.43. The van der Waals surface area contributed by atoms with E-state index >= 15 is 0 Å². The number of fused-ring (bicyclic) bond motifs is 1. The van der Waals surface area contributed by atoms with Crippen LogP contribution in [0.25, 0.3) is 0 Å². The molecule has 1 N–H and O–H groups in total. The summed E-state index contributed by atoms with van der Waals surface area (Å²) in [6.45, 7) is 5.56. The predicted molar refractivity (Wildman–Crippen MR) is 70.0 cm³/mol. The van der Waals surface area contributed by atoms with Gasteiger partial charge in [-0.25, -0.2) is 0 Å². The van der Waals surface area contributed by atoms with Crippen molar-refractivity contribution >= 4 is 31.9 Å². The summed E-state index contributed by atoms with van der Waals surface area (Å²) in [6.07, 6.45) is 0. The lowest BCUT2D eigenvalue weighted by Gasteiger charge is -2.06. The molecule has 0 fully saturated rings. The van der Waals surface area contributed by atoms with Crippen molar-refractivity contribution in [3.8, 4) is 11.5 Å². The highest BCUT2D eigenvalue weighted by atomic mass is 79.9. The molecule has 0 saturated carbocycles. The van der Waals surface area contributed by atoms with E-state index in [0.29, 0.717) is 6.79 Å². The minimum Gasteiger partial charge on any atom is -0.454 e. The van der Waals surface area contributed by atoms with Crippen LogP contribution in [0.2, 0.25) is 0 Å². The Morgan fingerprint density at radius 2 is 2.25 bits per heavy atom. The van der Waals surface area contributed by atoms with Gasteiger partial charge in [0.25, 0.3) is 0 Å². The SMILES string of the molecule is C=C(Br)CNCc1cc(Br)c2c(c1)OCO2. The molecule has 0 spiro atoms. The Bertz CT molecular complexity index is 421. The molecule has 1 aromatic rings. The van der Waals surface area contributed by atoms with Crippen LogP contribution in [0.15, 0.2) is 27.7 Å². The molecular weight excluding hydrogens is 338 g/mol. The number of rotatable bonds is 4. The van der Waals surface area contributed by atoms with Gasteiger partial charge in [0.1, 0.15) is 0 Å². The Morgan fingerprint density at radius 1 is 1.44 bits per heavy atom. The van der Waals surface area contributed by atoms with Crippen LogP contribution in [0.1, 0.15) is 5.56 Å². The predicted octanol–water partition coefficient (Wildman–Crippen LogP) is 3.18. The van der Waals surface area contributed by atoms with Gasteiger partial charge in [-0.3, -0.25) is 0 Å². The summed E-state index contributed by atoms with van der Waals surface area (Å²) >= 11 is 6.76. The molecule has 16 heavy (non-hydrogen) atoms. The summed E-state index contributed by atoms with van der Waals surface area (Å²) in [5, 5.41) is 3.26. The first-order valence-corrected chi connectivity index (χ1v) is 6.37. The van der Waals surface area contributed by atoms with Crippen molar-refractivity contribution in [1.82, 2.24) is 5.32 Å². The number of hydrogen-bond acceptors (Lipinski definition) is 3. The van der Waals surface area contributed by atoms with E-state index in [2.05, 4.69) is 43.8 Å². The standard InChI is InChI=1S/C11H11Br2NO2/c1-7(12)4-14-5-8-2-9(13)11-10(3-8)15-6-16-11/h2-3,14H,1,4-6H2. The maximum atomic E-state index is 5.34. The minimum absolute atomic E-state index is 0.295. The first kappa shape index (κ1) is 12.0. The summed E-state index contributed by atoms with van der Waals surface area (Å²) in [5.41, 5.74) is 1.14. The molecule has 1 aliphatic heterocycles. The Kier molecular flexibility index (Phi) is 3.89. The smallest absolute Gasteiger partial charge is 0.231 e. The zero-order chi connectivity index (χ0) is 11.5. The molecule has 0 aliphatic carbocycles. The van der Waals surface area contributed by atoms with E-state index in [1.807, 2.05) is 12.1 Å². The number of hydrogen-bond donors (Lipinski definition) is 1. The van der Waals surface area contributed by atoms with Crippen LogP contribution < -0.4 is 14.8 Å². The van der Waals surface area contributed by atoms with Crippen LogP contribution in [0, 0.1) is 0 Å². The second kappa shape index (κ2) is 5.21. The lowest BCUT2D eigenvalue weighted by Crippen LogP contribution is -2.14. The van der Waals surface area contributed by atoms with E-state index in [1.54, 1.807) is 0 Å². The fourth-order valence-electron chi connectivity index (χ4n) is 1.47. The van der Waals surface area contributed by atoms with Gasteiger partial charge in [0.2, 0.25) is 6.79 Å². The zero-order valence-electron chi connectivity index (χ0n) is 8.56. The Hall–Kier alpha value is -0.520. The molecule has 0 radical (unpaired) electrons. The number of ether oxygens (including phenoxy) is 2. The van der Waals surface area contributed by atoms with Gasteiger partial charge in [0.05, 0.1) is 4.47 Å². The quantitative estimate of drug-likeness (QED) is 0.906. The third kappa shape index (κ3) is 2.78. The van der Waals surface area contributed by atoms with E-state index in [1.165, 1.54) is 0 Å². The van der Waals surface area contributed by atoms with Gasteiger partial charge in [-0.15, -0.1) is 0 Å². The van der Waals surface area contributed by atoms with Crippen LogP contribution in [0.3, 0.4) is 0 Å². The molecule has 1 aliphatic rings. The Balaban J connectivity index is 2.05. The van der Waals surface area contributed by atoms with Crippen molar-refractivity contribution in [2.45, 2.75) is 6.54 Å². The maximum absolute atomic E-state index is 5.34. The van der Waals surface area contributed by atoms with Gasteiger partial charge in [-0.05, 0) is 33.6 Å². The molecule has 0 aromatic heterocycles. The van der Waals surface area contributed by atoms with Crippen LogP contribution >= 0.6 is 31.9 Å². The molecule has 0 saturated heterocycles. The Labute approximate surface area is 111 Å². The molecule has 0 atom stereocenters. The molecular formula is C11H11Br2NO2. The average Bonchev–Trinajstić information content (AvgIpc) is 2.65. The summed E-state index contributed by atoms with van der Waals surface area (Å²) in [7, 11) is 0. The summed E-state index contributed by atoms with van der Waals surface area (Å²) in [6, 6.07) is 4.01. The van der Waals surface area contributed by atoms with Crippen molar-refractivity contribution in [1.29, 1.82) is 0 Å². The van der Waals surface area contributed by atoms with Gasteiger partial charge < -0.3 is 14.8 Å². The number of nitrogens with one attached hydrogen (secondary N) is 1. The van der Waals surface area contributed by atoms with Crippen molar-refractivity contribution in [2.75, 3.05) is 13.3 Å². The lowest BCUT2D eigenvalue weighted by molar-refractivity contribution is 0.173. The molecule has 1 heterocycles. The molecule has 3 nitrogen and oxygen atoms in total. The fraction of sp³-hybridized carbons (Fsp3) is 0.273. The summed E-state index contributed by atoms with van der Waals surface area (Å²) in [4.78, 5) is 0. The first-order valence-electron chi connectivity index (χ1n) is 4.79. The second-order valence-corrected chi connectivity index (χ2v) is 5.41. The third-order valence-corrected chi connectivity index (χ3v) is 3.00. The molecule has 5 heteroatoms. The number of benzene rings is 1. The fourth-order valence-corrected chi connectivity index (χ4v) is 2.27. The normalized spacial score (nSPS) is 12.9. The average molecular weight is 349 g/mol. The van der Waals surface area contributed by atoms with E-state index < -0.39 is 0 Å². The highest BCUT2D eigenvalue weighted by Gasteiger charge is 2.17. The minimum atomic E-state index is 0.295. The molecule has 86 valence electrons. The zero-order valence-corrected chi connectivity index (χ0v) is 11.7. The van der Waals surface area contributed by atoms with E-state index in [4.69, 9.17) is 9.47 Å². The van der Waals surface area contributed by atoms with Crippen LogP contribution in [-0.2, 0) is 6.54 Å². The van der Waals surface area contributed by atoms with Gasteiger partial charge in [0.15, 0.2) is 11.5 Å². The van der Waals surface area contributed by atoms with E-state index in [0.717, 1.165) is 39.1 Å². The van der Waals surface area contributed by atoms with Crippen LogP contribution in [0.4, 0.5) is 0 Å².